The first kappa shape index (κ1) is 5.14. The van der Waals surface area contributed by atoms with Gasteiger partial charge in [-0.15, -0.1) is 0 Å². The molecule has 0 bridgehead atoms. The van der Waals surface area contributed by atoms with Gasteiger partial charge in [0.2, 0.25) is 0 Å². The van der Waals surface area contributed by atoms with Crippen molar-refractivity contribution in [2.75, 3.05) is 6.54 Å². The SMILES string of the molecule is NCC[SiH2]N. The van der Waals surface area contributed by atoms with E-state index in [1.165, 1.54) is 0 Å². The van der Waals surface area contributed by atoms with Crippen LogP contribution in [0.3, 0.4) is 0 Å². The van der Waals surface area contributed by atoms with E-state index in [1.54, 1.807) is 0 Å². The van der Waals surface area contributed by atoms with Crippen LogP contribution in [-0.4, -0.2) is 16.2 Å². The molecule has 0 rings (SSSR count). The summed E-state index contributed by atoms with van der Waals surface area (Å²) in [5, 5.41) is 5.20. The molecule has 32 valence electrons. The molecule has 0 heterocycles. The second kappa shape index (κ2) is 4.14. The van der Waals surface area contributed by atoms with Gasteiger partial charge in [-0.2, -0.15) is 0 Å². The van der Waals surface area contributed by atoms with Crippen LogP contribution < -0.4 is 11.1 Å². The van der Waals surface area contributed by atoms with Crippen molar-refractivity contribution >= 4 is 9.68 Å². The van der Waals surface area contributed by atoms with Crippen LogP contribution in [0.2, 0.25) is 6.04 Å². The minimum absolute atomic E-state index is 0.211. The molecule has 2 nitrogen and oxygen atoms in total. The zero-order chi connectivity index (χ0) is 4.12. The number of hydrogen-bond donors (Lipinski definition) is 2. The lowest BCUT2D eigenvalue weighted by Gasteiger charge is -1.79. The summed E-state index contributed by atoms with van der Waals surface area (Å²) in [6, 6.07) is 1.08. The smallest absolute Gasteiger partial charge is 0.0900 e. The van der Waals surface area contributed by atoms with Crippen molar-refractivity contribution in [3.63, 3.8) is 0 Å². The molecule has 0 saturated heterocycles. The molecule has 0 fully saturated rings. The molecule has 0 aliphatic carbocycles. The van der Waals surface area contributed by atoms with Gasteiger partial charge in [0, 0.05) is 0 Å². The maximum absolute atomic E-state index is 5.20. The van der Waals surface area contributed by atoms with Gasteiger partial charge >= 0.3 is 0 Å². The molecule has 0 spiro atoms. The first-order valence-corrected chi connectivity index (χ1v) is 3.63. The van der Waals surface area contributed by atoms with Gasteiger partial charge in [-0.1, -0.05) is 0 Å². The average molecular weight is 90.2 g/mol. The predicted octanol–water partition coefficient (Wildman–Crippen LogP) is -1.59. The van der Waals surface area contributed by atoms with Gasteiger partial charge in [0.15, 0.2) is 0 Å². The minimum atomic E-state index is -0.211. The molecular weight excluding hydrogens is 80.1 g/mol. The summed E-state index contributed by atoms with van der Waals surface area (Å²) in [4.78, 5) is 0. The average Bonchev–Trinajstić information content (AvgIpc) is 1.41. The molecule has 0 aliphatic heterocycles. The summed E-state index contributed by atoms with van der Waals surface area (Å²) in [6.45, 7) is 0.780. The fourth-order valence-electron chi connectivity index (χ4n) is 0.118. The summed E-state index contributed by atoms with van der Waals surface area (Å²) < 4.78 is 0. The molecule has 0 atom stereocenters. The van der Waals surface area contributed by atoms with Gasteiger partial charge in [0.05, 0.1) is 9.68 Å². The largest absolute Gasteiger partial charge is 0.356 e. The molecule has 0 amide bonds. The standard InChI is InChI=1S/C2H10N2Si/c3-1-2-5-4/h1-5H2. The van der Waals surface area contributed by atoms with Crippen LogP contribution in [0.15, 0.2) is 0 Å². The van der Waals surface area contributed by atoms with E-state index in [0.29, 0.717) is 0 Å². The van der Waals surface area contributed by atoms with Crippen LogP contribution in [-0.2, 0) is 0 Å². The summed E-state index contributed by atoms with van der Waals surface area (Å²) in [7, 11) is -0.211. The fourth-order valence-corrected chi connectivity index (χ4v) is 0.354. The zero-order valence-electron chi connectivity index (χ0n) is 3.28. The molecular formula is C2H10N2Si. The van der Waals surface area contributed by atoms with Gasteiger partial charge in [-0.25, -0.2) is 0 Å². The Morgan fingerprint density at radius 1 is 1.60 bits per heavy atom. The molecule has 0 unspecified atom stereocenters. The van der Waals surface area contributed by atoms with E-state index in [9.17, 15) is 0 Å². The van der Waals surface area contributed by atoms with Crippen molar-refractivity contribution in [1.82, 2.24) is 0 Å². The molecule has 0 radical (unpaired) electrons. The van der Waals surface area contributed by atoms with Crippen LogP contribution in [0.4, 0.5) is 0 Å². The summed E-state index contributed by atoms with van der Waals surface area (Å²) >= 11 is 0. The molecule has 5 heavy (non-hydrogen) atoms. The summed E-state index contributed by atoms with van der Waals surface area (Å²) in [5.41, 5.74) is 5.09. The second-order valence-corrected chi connectivity index (χ2v) is 2.22. The lowest BCUT2D eigenvalue weighted by Crippen LogP contribution is -2.09. The summed E-state index contributed by atoms with van der Waals surface area (Å²) in [5.74, 6) is 0. The van der Waals surface area contributed by atoms with Crippen molar-refractivity contribution in [2.24, 2.45) is 11.1 Å². The van der Waals surface area contributed by atoms with E-state index >= 15 is 0 Å². The van der Waals surface area contributed by atoms with Crippen LogP contribution >= 0.6 is 0 Å². The number of rotatable bonds is 2. The van der Waals surface area contributed by atoms with E-state index in [1.807, 2.05) is 0 Å². The Hall–Kier alpha value is 0.137. The molecule has 0 aliphatic rings. The Labute approximate surface area is 34.4 Å². The topological polar surface area (TPSA) is 52.0 Å². The number of nitrogens with two attached hydrogens (primary N) is 2. The van der Waals surface area contributed by atoms with Crippen molar-refractivity contribution in [3.05, 3.63) is 0 Å². The molecule has 0 aromatic heterocycles. The van der Waals surface area contributed by atoms with Gasteiger partial charge in [-0.3, -0.25) is 0 Å². The normalized spacial score (nSPS) is 10.8. The molecule has 3 heteroatoms. The third kappa shape index (κ3) is 4.14. The fraction of sp³-hybridized carbons (Fsp3) is 1.00. The predicted molar refractivity (Wildman–Crippen MR) is 26.6 cm³/mol. The number of hydrogen-bond acceptors (Lipinski definition) is 2. The Bertz CT molecular complexity index is 15.1. The van der Waals surface area contributed by atoms with E-state index < -0.39 is 0 Å². The molecule has 0 aromatic rings. The highest BCUT2D eigenvalue weighted by atomic mass is 28.2. The van der Waals surface area contributed by atoms with Gasteiger partial charge in [0.1, 0.15) is 0 Å². The third-order valence-corrected chi connectivity index (χ3v) is 1.22. The Morgan fingerprint density at radius 3 is 2.20 bits per heavy atom. The third-order valence-electron chi connectivity index (χ3n) is 0.408. The summed E-state index contributed by atoms with van der Waals surface area (Å²) in [6.07, 6.45) is 0. The van der Waals surface area contributed by atoms with Crippen molar-refractivity contribution < 1.29 is 0 Å². The van der Waals surface area contributed by atoms with Crippen LogP contribution in [0.5, 0.6) is 0 Å². The highest BCUT2D eigenvalue weighted by Gasteiger charge is 1.69. The quantitative estimate of drug-likeness (QED) is 0.401. The minimum Gasteiger partial charge on any atom is -0.356 e. The van der Waals surface area contributed by atoms with E-state index in [-0.39, 0.29) is 9.68 Å². The first-order chi connectivity index (χ1) is 2.41. The highest BCUT2D eigenvalue weighted by Crippen LogP contribution is 1.57. The Morgan fingerprint density at radius 2 is 2.20 bits per heavy atom. The Balaban J connectivity index is 2.19. The van der Waals surface area contributed by atoms with Crippen molar-refractivity contribution in [1.29, 1.82) is 0 Å². The Kier molecular flexibility index (Phi) is 4.25. The van der Waals surface area contributed by atoms with E-state index in [4.69, 9.17) is 11.1 Å². The van der Waals surface area contributed by atoms with Crippen LogP contribution in [0.25, 0.3) is 0 Å². The van der Waals surface area contributed by atoms with Crippen molar-refractivity contribution in [2.45, 2.75) is 6.04 Å². The molecule has 4 N–H and O–H groups in total. The molecule has 0 aromatic carbocycles. The van der Waals surface area contributed by atoms with Crippen LogP contribution in [0.1, 0.15) is 0 Å². The van der Waals surface area contributed by atoms with Gasteiger partial charge < -0.3 is 11.1 Å². The lowest BCUT2D eigenvalue weighted by atomic mass is 10.8. The molecule has 0 saturated carbocycles. The van der Waals surface area contributed by atoms with Gasteiger partial charge in [0.25, 0.3) is 0 Å². The lowest BCUT2D eigenvalue weighted by molar-refractivity contribution is 1.12. The first-order valence-electron chi connectivity index (χ1n) is 1.82. The van der Waals surface area contributed by atoms with Crippen LogP contribution in [0, 0.1) is 0 Å². The maximum atomic E-state index is 5.20. The highest BCUT2D eigenvalue weighted by molar-refractivity contribution is 6.30. The zero-order valence-corrected chi connectivity index (χ0v) is 4.69. The maximum Gasteiger partial charge on any atom is 0.0900 e. The van der Waals surface area contributed by atoms with E-state index in [0.717, 1.165) is 12.6 Å². The monoisotopic (exact) mass is 90.1 g/mol. The van der Waals surface area contributed by atoms with E-state index in [2.05, 4.69) is 0 Å². The van der Waals surface area contributed by atoms with Crippen molar-refractivity contribution in [3.8, 4) is 0 Å². The van der Waals surface area contributed by atoms with Gasteiger partial charge in [-0.05, 0) is 12.6 Å². The second-order valence-electron chi connectivity index (χ2n) is 0.931.